The number of aliphatic hydroxyl groups is 1. The lowest BCUT2D eigenvalue weighted by Crippen LogP contribution is -2.43. The lowest BCUT2D eigenvalue weighted by atomic mass is 9.88. The standard InChI is InChI=1S/C16H14BrNO4/c1-4-8-18-13-7-6-11(17)9-12(13)16(21,15(18)20)10(3)14(19)22-5-2/h1,6-7,9,21H,3,5,8H2,2H3. The zero-order chi connectivity index (χ0) is 16.5. The van der Waals surface area contributed by atoms with E-state index in [1.54, 1.807) is 25.1 Å². The molecule has 6 heteroatoms. The van der Waals surface area contributed by atoms with Crippen LogP contribution in [-0.4, -0.2) is 30.1 Å². The summed E-state index contributed by atoms with van der Waals surface area (Å²) in [6.45, 7) is 5.28. The number of esters is 1. The number of anilines is 1. The first-order valence-electron chi connectivity index (χ1n) is 6.52. The van der Waals surface area contributed by atoms with Crippen LogP contribution >= 0.6 is 15.9 Å². The van der Waals surface area contributed by atoms with Crippen molar-refractivity contribution in [2.75, 3.05) is 18.1 Å². The van der Waals surface area contributed by atoms with Gasteiger partial charge in [0.25, 0.3) is 5.91 Å². The summed E-state index contributed by atoms with van der Waals surface area (Å²) >= 11 is 3.29. The van der Waals surface area contributed by atoms with Crippen LogP contribution in [0.25, 0.3) is 0 Å². The van der Waals surface area contributed by atoms with Crippen LogP contribution in [0.2, 0.25) is 0 Å². The minimum atomic E-state index is -2.18. The number of fused-ring (bicyclic) bond motifs is 1. The second-order valence-electron chi connectivity index (χ2n) is 4.67. The van der Waals surface area contributed by atoms with Crippen molar-refractivity contribution in [1.82, 2.24) is 0 Å². The van der Waals surface area contributed by atoms with Gasteiger partial charge in [0.1, 0.15) is 0 Å². The molecule has 0 saturated carbocycles. The SMILES string of the molecule is C#CCN1C(=O)C(O)(C(=C)C(=O)OCC)c2cc(Br)ccc21. The average Bonchev–Trinajstić information content (AvgIpc) is 2.70. The molecule has 1 aliphatic heterocycles. The van der Waals surface area contributed by atoms with Crippen molar-refractivity contribution in [1.29, 1.82) is 0 Å². The molecule has 1 aromatic rings. The fourth-order valence-corrected chi connectivity index (χ4v) is 2.72. The third-order valence-electron chi connectivity index (χ3n) is 3.40. The van der Waals surface area contributed by atoms with Crippen LogP contribution in [-0.2, 0) is 19.9 Å². The number of terminal acetylenes is 1. The predicted molar refractivity (Wildman–Crippen MR) is 85.0 cm³/mol. The number of benzene rings is 1. The highest BCUT2D eigenvalue weighted by Gasteiger charge is 2.54. The molecule has 0 bridgehead atoms. The molecule has 1 N–H and O–H groups in total. The molecule has 22 heavy (non-hydrogen) atoms. The number of halogens is 1. The molecule has 1 atom stereocenters. The molecular formula is C16H14BrNO4. The van der Waals surface area contributed by atoms with Crippen molar-refractivity contribution < 1.29 is 19.4 Å². The first kappa shape index (κ1) is 16.3. The molecule has 1 aliphatic rings. The van der Waals surface area contributed by atoms with Gasteiger partial charge in [0.15, 0.2) is 0 Å². The molecule has 0 aromatic heterocycles. The summed E-state index contributed by atoms with van der Waals surface area (Å²) in [4.78, 5) is 25.8. The Morgan fingerprint density at radius 2 is 2.27 bits per heavy atom. The van der Waals surface area contributed by atoms with Gasteiger partial charge in [-0.25, -0.2) is 4.79 Å². The van der Waals surface area contributed by atoms with Crippen molar-refractivity contribution in [3.63, 3.8) is 0 Å². The maximum atomic E-state index is 12.6. The van der Waals surface area contributed by atoms with Gasteiger partial charge in [-0.05, 0) is 25.1 Å². The number of hydrogen-bond donors (Lipinski definition) is 1. The second-order valence-corrected chi connectivity index (χ2v) is 5.58. The van der Waals surface area contributed by atoms with Crippen LogP contribution in [0.4, 0.5) is 5.69 Å². The first-order valence-corrected chi connectivity index (χ1v) is 7.31. The van der Waals surface area contributed by atoms with E-state index in [4.69, 9.17) is 11.2 Å². The van der Waals surface area contributed by atoms with Crippen molar-refractivity contribution in [3.8, 4) is 12.3 Å². The van der Waals surface area contributed by atoms with Gasteiger partial charge < -0.3 is 9.84 Å². The smallest absolute Gasteiger partial charge is 0.337 e. The summed E-state index contributed by atoms with van der Waals surface area (Å²) in [5.74, 6) is 0.825. The zero-order valence-electron chi connectivity index (χ0n) is 11.9. The number of nitrogens with zero attached hydrogens (tertiary/aromatic N) is 1. The van der Waals surface area contributed by atoms with Gasteiger partial charge in [-0.3, -0.25) is 9.69 Å². The van der Waals surface area contributed by atoms with Gasteiger partial charge in [0.05, 0.1) is 24.4 Å². The molecule has 114 valence electrons. The van der Waals surface area contributed by atoms with Crippen LogP contribution in [0.3, 0.4) is 0 Å². The Labute approximate surface area is 136 Å². The Hall–Kier alpha value is -2.10. The van der Waals surface area contributed by atoms with E-state index in [9.17, 15) is 14.7 Å². The van der Waals surface area contributed by atoms with Gasteiger partial charge in [0.2, 0.25) is 5.60 Å². The van der Waals surface area contributed by atoms with Crippen molar-refractivity contribution >= 4 is 33.5 Å². The third-order valence-corrected chi connectivity index (χ3v) is 3.90. The monoisotopic (exact) mass is 363 g/mol. The summed E-state index contributed by atoms with van der Waals surface area (Å²) in [5, 5.41) is 10.9. The molecule has 0 aliphatic carbocycles. The van der Waals surface area contributed by atoms with Crippen LogP contribution < -0.4 is 4.90 Å². The van der Waals surface area contributed by atoms with Gasteiger partial charge in [-0.1, -0.05) is 28.4 Å². The van der Waals surface area contributed by atoms with Crippen LogP contribution in [0.1, 0.15) is 12.5 Å². The Morgan fingerprint density at radius 3 is 2.86 bits per heavy atom. The number of hydrogen-bond acceptors (Lipinski definition) is 4. The fourth-order valence-electron chi connectivity index (χ4n) is 2.36. The Balaban J connectivity index is 2.60. The maximum absolute atomic E-state index is 12.6. The van der Waals surface area contributed by atoms with E-state index in [0.29, 0.717) is 10.2 Å². The van der Waals surface area contributed by atoms with E-state index in [2.05, 4.69) is 28.4 Å². The number of ether oxygens (including phenoxy) is 1. The quantitative estimate of drug-likeness (QED) is 0.502. The number of carbonyl (C=O) groups excluding carboxylic acids is 2. The minimum Gasteiger partial charge on any atom is -0.463 e. The highest BCUT2D eigenvalue weighted by molar-refractivity contribution is 9.10. The zero-order valence-corrected chi connectivity index (χ0v) is 13.5. The largest absolute Gasteiger partial charge is 0.463 e. The molecule has 2 rings (SSSR count). The minimum absolute atomic E-state index is 0.0219. The second kappa shape index (κ2) is 5.95. The normalized spacial score (nSPS) is 19.5. The molecule has 1 amide bonds. The van der Waals surface area contributed by atoms with E-state index in [1.807, 2.05) is 0 Å². The van der Waals surface area contributed by atoms with Gasteiger partial charge >= 0.3 is 5.97 Å². The van der Waals surface area contributed by atoms with Crippen LogP contribution in [0, 0.1) is 12.3 Å². The molecule has 1 aromatic carbocycles. The summed E-state index contributed by atoms with van der Waals surface area (Å²) in [7, 11) is 0. The summed E-state index contributed by atoms with van der Waals surface area (Å²) in [6.07, 6.45) is 5.28. The predicted octanol–water partition coefficient (Wildman–Crippen LogP) is 1.74. The molecule has 0 fully saturated rings. The van der Waals surface area contributed by atoms with Crippen molar-refractivity contribution in [2.24, 2.45) is 0 Å². The molecule has 5 nitrogen and oxygen atoms in total. The number of amides is 1. The van der Waals surface area contributed by atoms with Gasteiger partial charge in [-0.15, -0.1) is 6.42 Å². The number of carbonyl (C=O) groups is 2. The van der Waals surface area contributed by atoms with Crippen molar-refractivity contribution in [2.45, 2.75) is 12.5 Å². The lowest BCUT2D eigenvalue weighted by molar-refractivity contribution is -0.145. The number of rotatable bonds is 4. The first-order chi connectivity index (χ1) is 10.4. The topological polar surface area (TPSA) is 66.8 Å². The third kappa shape index (κ3) is 2.32. The fraction of sp³-hybridized carbons (Fsp3) is 0.250. The molecule has 1 heterocycles. The van der Waals surface area contributed by atoms with E-state index < -0.39 is 17.5 Å². The van der Waals surface area contributed by atoms with E-state index in [1.165, 1.54) is 4.90 Å². The van der Waals surface area contributed by atoms with Gasteiger partial charge in [-0.2, -0.15) is 0 Å². The molecule has 0 radical (unpaired) electrons. The summed E-state index contributed by atoms with van der Waals surface area (Å²) in [6, 6.07) is 4.92. The molecular weight excluding hydrogens is 350 g/mol. The van der Waals surface area contributed by atoms with E-state index in [0.717, 1.165) is 0 Å². The molecule has 0 saturated heterocycles. The highest BCUT2D eigenvalue weighted by atomic mass is 79.9. The van der Waals surface area contributed by atoms with Crippen LogP contribution in [0.15, 0.2) is 34.8 Å². The van der Waals surface area contributed by atoms with Crippen molar-refractivity contribution in [3.05, 3.63) is 40.4 Å². The molecule has 0 spiro atoms. The Bertz CT molecular complexity index is 707. The Kier molecular flexibility index (Phi) is 4.40. The van der Waals surface area contributed by atoms with Gasteiger partial charge in [0, 0.05) is 10.0 Å². The van der Waals surface area contributed by atoms with Crippen LogP contribution in [0.5, 0.6) is 0 Å². The van der Waals surface area contributed by atoms with E-state index in [-0.39, 0.29) is 24.3 Å². The molecule has 1 unspecified atom stereocenters. The van der Waals surface area contributed by atoms with E-state index >= 15 is 0 Å². The highest BCUT2D eigenvalue weighted by Crippen LogP contribution is 2.45. The average molecular weight is 364 g/mol. The maximum Gasteiger partial charge on any atom is 0.337 e. The summed E-state index contributed by atoms with van der Waals surface area (Å²) < 4.78 is 5.50. The Morgan fingerprint density at radius 1 is 1.59 bits per heavy atom. The summed E-state index contributed by atoms with van der Waals surface area (Å²) in [5.41, 5.74) is -1.82. The lowest BCUT2D eigenvalue weighted by Gasteiger charge is -2.23.